The number of hydrogen-bond donors (Lipinski definition) is 1. The van der Waals surface area contributed by atoms with E-state index in [4.69, 9.17) is 16.3 Å². The van der Waals surface area contributed by atoms with Gasteiger partial charge in [-0.1, -0.05) is 49.2 Å². The molecule has 0 heterocycles. The normalized spacial score (nSPS) is 11.7. The minimum atomic E-state index is -4.74. The molecule has 0 atom stereocenters. The third-order valence-corrected chi connectivity index (χ3v) is 7.07. The molecule has 0 unspecified atom stereocenters. The van der Waals surface area contributed by atoms with Gasteiger partial charge in [0.1, 0.15) is 12.4 Å². The van der Waals surface area contributed by atoms with Gasteiger partial charge in [-0.25, -0.2) is 8.42 Å². The average Bonchev–Trinajstić information content (AvgIpc) is 2.85. The van der Waals surface area contributed by atoms with E-state index in [1.54, 1.807) is 12.1 Å². The van der Waals surface area contributed by atoms with E-state index < -0.39 is 26.8 Å². The van der Waals surface area contributed by atoms with Crippen molar-refractivity contribution in [3.8, 4) is 5.75 Å². The number of hydrogen-bond acceptors (Lipinski definition) is 4. The molecule has 0 radical (unpaired) electrons. The maximum Gasteiger partial charge on any atom is 0.417 e. The number of alkyl halides is 3. The second-order valence-corrected chi connectivity index (χ2v) is 10.9. The summed E-state index contributed by atoms with van der Waals surface area (Å²) in [4.78, 5) is 12.5. The van der Waals surface area contributed by atoms with Crippen molar-refractivity contribution in [3.05, 3.63) is 94.0 Å². The number of anilines is 1. The molecule has 6 nitrogen and oxygen atoms in total. The zero-order chi connectivity index (χ0) is 27.9. The number of nitrogens with one attached hydrogen (secondary N) is 1. The summed E-state index contributed by atoms with van der Waals surface area (Å²) < 4.78 is 71.1. The zero-order valence-electron chi connectivity index (χ0n) is 20.9. The number of amides is 1. The number of benzene rings is 3. The molecule has 3 aromatic rings. The first kappa shape index (κ1) is 29.3. The van der Waals surface area contributed by atoms with Crippen LogP contribution in [-0.4, -0.2) is 33.7 Å². The fourth-order valence-electron chi connectivity index (χ4n) is 3.69. The van der Waals surface area contributed by atoms with Gasteiger partial charge < -0.3 is 10.1 Å². The molecule has 38 heavy (non-hydrogen) atoms. The van der Waals surface area contributed by atoms with Crippen molar-refractivity contribution in [2.24, 2.45) is 0 Å². The lowest BCUT2D eigenvalue weighted by Gasteiger charge is -2.24. The van der Waals surface area contributed by atoms with Crippen LogP contribution in [0.3, 0.4) is 0 Å². The fourth-order valence-corrected chi connectivity index (χ4v) is 4.79. The van der Waals surface area contributed by atoms with Crippen molar-refractivity contribution in [3.63, 3.8) is 0 Å². The third kappa shape index (κ3) is 8.13. The van der Waals surface area contributed by atoms with Crippen LogP contribution < -0.4 is 14.4 Å². The highest BCUT2D eigenvalue weighted by Gasteiger charge is 2.34. The summed E-state index contributed by atoms with van der Waals surface area (Å²) in [6, 6.07) is 16.8. The van der Waals surface area contributed by atoms with Gasteiger partial charge in [0, 0.05) is 5.56 Å². The molecule has 0 fully saturated rings. The van der Waals surface area contributed by atoms with E-state index in [9.17, 15) is 26.4 Å². The number of aryl methyl sites for hydroxylation is 1. The Morgan fingerprint density at radius 2 is 1.63 bits per heavy atom. The molecule has 0 aromatic heterocycles. The van der Waals surface area contributed by atoms with E-state index >= 15 is 0 Å². The Morgan fingerprint density at radius 3 is 2.21 bits per heavy atom. The van der Waals surface area contributed by atoms with Gasteiger partial charge >= 0.3 is 6.18 Å². The number of carbonyl (C=O) groups is 1. The molecule has 0 aliphatic heterocycles. The highest BCUT2D eigenvalue weighted by atomic mass is 35.5. The van der Waals surface area contributed by atoms with Crippen molar-refractivity contribution in [2.45, 2.75) is 32.5 Å². The van der Waals surface area contributed by atoms with Crippen LogP contribution in [-0.2, 0) is 29.2 Å². The van der Waals surface area contributed by atoms with E-state index in [0.29, 0.717) is 22.9 Å². The van der Waals surface area contributed by atoms with Gasteiger partial charge in [-0.3, -0.25) is 9.10 Å². The van der Waals surface area contributed by atoms with Gasteiger partial charge in [0.05, 0.1) is 35.6 Å². The molecule has 0 bridgehead atoms. The molecular formula is C27H28ClF3N2O4S. The van der Waals surface area contributed by atoms with Crippen LogP contribution in [0.1, 0.15) is 40.4 Å². The van der Waals surface area contributed by atoms with E-state index in [0.717, 1.165) is 29.5 Å². The van der Waals surface area contributed by atoms with E-state index in [-0.39, 0.29) is 31.3 Å². The predicted molar refractivity (Wildman–Crippen MR) is 142 cm³/mol. The van der Waals surface area contributed by atoms with Crippen LogP contribution in [0.15, 0.2) is 66.7 Å². The quantitative estimate of drug-likeness (QED) is 0.284. The van der Waals surface area contributed by atoms with Crippen LogP contribution in [0, 0.1) is 0 Å². The topological polar surface area (TPSA) is 75.7 Å². The molecule has 0 spiro atoms. The SMILES string of the molecule is CCCc1ccc(OCCNC(=O)c2ccc(CN(c3ccc(Cl)c(C(F)(F)F)c3)S(C)(=O)=O)cc2)cc1. The van der Waals surface area contributed by atoms with Gasteiger partial charge in [0.15, 0.2) is 0 Å². The van der Waals surface area contributed by atoms with Crippen molar-refractivity contribution in [1.29, 1.82) is 0 Å². The molecule has 0 saturated carbocycles. The van der Waals surface area contributed by atoms with Gasteiger partial charge in [0.25, 0.3) is 5.91 Å². The predicted octanol–water partition coefficient (Wildman–Crippen LogP) is 6.09. The Kier molecular flexibility index (Phi) is 9.67. The molecular weight excluding hydrogens is 541 g/mol. The highest BCUT2D eigenvalue weighted by Crippen LogP contribution is 2.37. The highest BCUT2D eigenvalue weighted by molar-refractivity contribution is 7.92. The third-order valence-electron chi connectivity index (χ3n) is 5.60. The molecule has 0 aliphatic rings. The Hall–Kier alpha value is -3.24. The fraction of sp³-hybridized carbons (Fsp3) is 0.296. The maximum atomic E-state index is 13.3. The first-order valence-electron chi connectivity index (χ1n) is 11.8. The second kappa shape index (κ2) is 12.5. The van der Waals surface area contributed by atoms with Gasteiger partial charge in [-0.15, -0.1) is 0 Å². The first-order chi connectivity index (χ1) is 17.9. The summed E-state index contributed by atoms with van der Waals surface area (Å²) in [5, 5.41) is 2.22. The van der Waals surface area contributed by atoms with Crippen LogP contribution >= 0.6 is 11.6 Å². The minimum absolute atomic E-state index is 0.175. The summed E-state index contributed by atoms with van der Waals surface area (Å²) >= 11 is 5.67. The summed E-state index contributed by atoms with van der Waals surface area (Å²) in [7, 11) is -3.93. The zero-order valence-corrected chi connectivity index (χ0v) is 22.5. The Labute approximate surface area is 225 Å². The summed E-state index contributed by atoms with van der Waals surface area (Å²) in [5.41, 5.74) is 0.746. The molecule has 1 N–H and O–H groups in total. The number of ether oxygens (including phenoxy) is 1. The Balaban J connectivity index is 1.60. The molecule has 3 rings (SSSR count). The molecule has 11 heteroatoms. The van der Waals surface area contributed by atoms with Crippen LogP contribution in [0.2, 0.25) is 5.02 Å². The standard InChI is InChI=1S/C27H28ClF3N2O4S/c1-3-4-19-7-12-23(13-8-19)37-16-15-32-26(34)21-9-5-20(6-10-21)18-33(38(2,35)36)22-11-14-25(28)24(17-22)27(29,30)31/h5-14,17H,3-4,15-16,18H2,1-2H3,(H,32,34). The van der Waals surface area contributed by atoms with Crippen molar-refractivity contribution in [1.82, 2.24) is 5.32 Å². The molecule has 0 aliphatic carbocycles. The lowest BCUT2D eigenvalue weighted by atomic mass is 10.1. The number of carbonyl (C=O) groups excluding carboxylic acids is 1. The lowest BCUT2D eigenvalue weighted by molar-refractivity contribution is -0.137. The maximum absolute atomic E-state index is 13.3. The summed E-state index contributed by atoms with van der Waals surface area (Å²) in [6.07, 6.45) is -1.77. The molecule has 3 aromatic carbocycles. The number of halogens is 4. The molecule has 0 saturated heterocycles. The first-order valence-corrected chi connectivity index (χ1v) is 14.0. The van der Waals surface area contributed by atoms with Crippen molar-refractivity contribution < 1.29 is 31.1 Å². The summed E-state index contributed by atoms with van der Waals surface area (Å²) in [6.45, 7) is 2.44. The van der Waals surface area contributed by atoms with Crippen LogP contribution in [0.4, 0.5) is 18.9 Å². The van der Waals surface area contributed by atoms with Crippen molar-refractivity contribution >= 4 is 33.2 Å². The number of rotatable bonds is 11. The van der Waals surface area contributed by atoms with Crippen LogP contribution in [0.25, 0.3) is 0 Å². The lowest BCUT2D eigenvalue weighted by Crippen LogP contribution is -2.30. The smallest absolute Gasteiger partial charge is 0.417 e. The Morgan fingerprint density at radius 1 is 1.00 bits per heavy atom. The number of sulfonamides is 1. The average molecular weight is 569 g/mol. The molecule has 1 amide bonds. The van der Waals surface area contributed by atoms with Gasteiger partial charge in [0.2, 0.25) is 10.0 Å². The van der Waals surface area contributed by atoms with E-state index in [1.807, 2.05) is 24.3 Å². The molecule has 204 valence electrons. The minimum Gasteiger partial charge on any atom is -0.492 e. The van der Waals surface area contributed by atoms with Crippen molar-refractivity contribution in [2.75, 3.05) is 23.7 Å². The van der Waals surface area contributed by atoms with Crippen LogP contribution in [0.5, 0.6) is 5.75 Å². The second-order valence-electron chi connectivity index (χ2n) is 8.63. The number of nitrogens with zero attached hydrogens (tertiary/aromatic N) is 1. The summed E-state index contributed by atoms with van der Waals surface area (Å²) in [5.74, 6) is 0.368. The monoisotopic (exact) mass is 568 g/mol. The van der Waals surface area contributed by atoms with E-state index in [2.05, 4.69) is 12.2 Å². The largest absolute Gasteiger partial charge is 0.492 e. The van der Waals surface area contributed by atoms with Gasteiger partial charge in [-0.2, -0.15) is 13.2 Å². The van der Waals surface area contributed by atoms with E-state index in [1.165, 1.54) is 23.8 Å². The Bertz CT molecular complexity index is 1350. The van der Waals surface area contributed by atoms with Gasteiger partial charge in [-0.05, 0) is 60.0 Å².